The molecule has 0 aromatic rings. The summed E-state index contributed by atoms with van der Waals surface area (Å²) in [7, 11) is 2.06. The first-order chi connectivity index (χ1) is 8.91. The summed E-state index contributed by atoms with van der Waals surface area (Å²) in [5, 5.41) is 11.5. The normalized spacial score (nSPS) is 14.8. The van der Waals surface area contributed by atoms with Gasteiger partial charge >= 0.3 is 12.0 Å². The van der Waals surface area contributed by atoms with Gasteiger partial charge in [-0.2, -0.15) is 0 Å². The molecule has 1 fully saturated rings. The van der Waals surface area contributed by atoms with Crippen molar-refractivity contribution in [3.63, 3.8) is 0 Å². The molecule has 0 bridgehead atoms. The quantitative estimate of drug-likeness (QED) is 0.690. The van der Waals surface area contributed by atoms with Crippen molar-refractivity contribution in [2.45, 2.75) is 45.2 Å². The number of nitrogens with one attached hydrogen (secondary N) is 1. The van der Waals surface area contributed by atoms with Crippen LogP contribution in [0.15, 0.2) is 0 Å². The van der Waals surface area contributed by atoms with Crippen LogP contribution in [0.2, 0.25) is 0 Å². The zero-order chi connectivity index (χ0) is 14.4. The highest BCUT2D eigenvalue weighted by Crippen LogP contribution is 2.24. The zero-order valence-corrected chi connectivity index (χ0v) is 12.1. The Morgan fingerprint density at radius 1 is 1.32 bits per heavy atom. The summed E-state index contributed by atoms with van der Waals surface area (Å²) in [5.41, 5.74) is 0. The van der Waals surface area contributed by atoms with E-state index in [1.165, 1.54) is 12.8 Å². The van der Waals surface area contributed by atoms with Crippen LogP contribution in [0.5, 0.6) is 0 Å². The van der Waals surface area contributed by atoms with E-state index >= 15 is 0 Å². The van der Waals surface area contributed by atoms with E-state index in [0.717, 1.165) is 6.54 Å². The number of urea groups is 1. The summed E-state index contributed by atoms with van der Waals surface area (Å²) >= 11 is 0. The van der Waals surface area contributed by atoms with Gasteiger partial charge in [0.2, 0.25) is 0 Å². The van der Waals surface area contributed by atoms with Crippen molar-refractivity contribution in [2.75, 3.05) is 26.7 Å². The Hall–Kier alpha value is -1.30. The Labute approximate surface area is 114 Å². The number of nitrogens with zero attached hydrogens (tertiary/aromatic N) is 2. The number of hydrogen-bond donors (Lipinski definition) is 2. The number of hydrogen-bond acceptors (Lipinski definition) is 3. The van der Waals surface area contributed by atoms with Crippen LogP contribution in [-0.2, 0) is 4.79 Å². The topological polar surface area (TPSA) is 72.9 Å². The molecule has 0 saturated heterocycles. The number of amides is 2. The molecule has 0 unspecified atom stereocenters. The monoisotopic (exact) mass is 271 g/mol. The summed E-state index contributed by atoms with van der Waals surface area (Å²) in [6.45, 7) is 5.45. The van der Waals surface area contributed by atoms with Gasteiger partial charge in [0.15, 0.2) is 0 Å². The van der Waals surface area contributed by atoms with Crippen molar-refractivity contribution in [1.29, 1.82) is 0 Å². The average molecular weight is 271 g/mol. The third kappa shape index (κ3) is 5.92. The molecule has 0 heterocycles. The highest BCUT2D eigenvalue weighted by atomic mass is 16.4. The van der Waals surface area contributed by atoms with Gasteiger partial charge in [-0.1, -0.05) is 0 Å². The minimum atomic E-state index is -0.882. The van der Waals surface area contributed by atoms with Crippen LogP contribution in [0, 0.1) is 0 Å². The second-order valence-corrected chi connectivity index (χ2v) is 5.37. The van der Waals surface area contributed by atoms with E-state index in [4.69, 9.17) is 5.11 Å². The third-order valence-electron chi connectivity index (χ3n) is 3.36. The number of rotatable bonds is 8. The van der Waals surface area contributed by atoms with Gasteiger partial charge in [0.05, 0.1) is 6.42 Å². The predicted octanol–water partition coefficient (Wildman–Crippen LogP) is 0.975. The van der Waals surface area contributed by atoms with Gasteiger partial charge in [-0.05, 0) is 33.7 Å². The van der Waals surface area contributed by atoms with E-state index in [1.807, 2.05) is 13.8 Å². The van der Waals surface area contributed by atoms with Crippen LogP contribution in [0.25, 0.3) is 0 Å². The molecule has 0 aliphatic heterocycles. The second-order valence-electron chi connectivity index (χ2n) is 5.37. The molecule has 0 radical (unpaired) electrons. The van der Waals surface area contributed by atoms with Crippen molar-refractivity contribution in [3.05, 3.63) is 0 Å². The molecule has 1 saturated carbocycles. The van der Waals surface area contributed by atoms with Crippen LogP contribution in [0.1, 0.15) is 33.1 Å². The van der Waals surface area contributed by atoms with Gasteiger partial charge in [-0.3, -0.25) is 4.79 Å². The molecule has 0 atom stereocenters. The van der Waals surface area contributed by atoms with E-state index in [9.17, 15) is 9.59 Å². The number of carboxylic acids is 1. The molecular formula is C13H25N3O3. The van der Waals surface area contributed by atoms with Gasteiger partial charge < -0.3 is 20.2 Å². The van der Waals surface area contributed by atoms with Crippen molar-refractivity contribution in [1.82, 2.24) is 15.1 Å². The number of likely N-dealkylation sites (N-methyl/N-ethyl adjacent to an activating group) is 1. The first kappa shape index (κ1) is 15.8. The highest BCUT2D eigenvalue weighted by Gasteiger charge is 2.25. The zero-order valence-electron chi connectivity index (χ0n) is 12.1. The van der Waals surface area contributed by atoms with Gasteiger partial charge in [-0.15, -0.1) is 0 Å². The third-order valence-corrected chi connectivity index (χ3v) is 3.36. The molecule has 1 rings (SSSR count). The molecule has 0 aromatic carbocycles. The first-order valence-electron chi connectivity index (χ1n) is 6.88. The molecule has 0 spiro atoms. The molecule has 2 amide bonds. The van der Waals surface area contributed by atoms with Crippen LogP contribution in [-0.4, -0.2) is 65.7 Å². The average Bonchev–Trinajstić information content (AvgIpc) is 3.11. The molecule has 1 aliphatic carbocycles. The predicted molar refractivity (Wildman–Crippen MR) is 73.1 cm³/mol. The van der Waals surface area contributed by atoms with E-state index in [1.54, 1.807) is 4.90 Å². The van der Waals surface area contributed by atoms with Crippen LogP contribution in [0.4, 0.5) is 4.79 Å². The standard InChI is InChI=1S/C13H25N3O3/c1-10(2)16(8-6-12(17)18)13(19)14-7-9-15(3)11-4-5-11/h10-11H,4-9H2,1-3H3,(H,14,19)(H,17,18). The molecule has 0 aromatic heterocycles. The Balaban J connectivity index is 2.27. The number of aliphatic carboxylic acids is 1. The number of carboxylic acid groups (broad SMARTS) is 1. The lowest BCUT2D eigenvalue weighted by molar-refractivity contribution is -0.137. The largest absolute Gasteiger partial charge is 0.481 e. The molecule has 1 aliphatic rings. The van der Waals surface area contributed by atoms with E-state index < -0.39 is 5.97 Å². The summed E-state index contributed by atoms with van der Waals surface area (Å²) in [5.74, 6) is -0.882. The fraction of sp³-hybridized carbons (Fsp3) is 0.846. The van der Waals surface area contributed by atoms with Crippen LogP contribution < -0.4 is 5.32 Å². The Morgan fingerprint density at radius 2 is 1.95 bits per heavy atom. The van der Waals surface area contributed by atoms with Gasteiger partial charge in [-0.25, -0.2) is 4.79 Å². The van der Waals surface area contributed by atoms with Crippen molar-refractivity contribution in [2.24, 2.45) is 0 Å². The number of carbonyl (C=O) groups is 2. The fourth-order valence-electron chi connectivity index (χ4n) is 1.95. The van der Waals surface area contributed by atoms with Gasteiger partial charge in [0, 0.05) is 31.7 Å². The van der Waals surface area contributed by atoms with Gasteiger partial charge in [0.25, 0.3) is 0 Å². The Morgan fingerprint density at radius 3 is 2.42 bits per heavy atom. The summed E-state index contributed by atoms with van der Waals surface area (Å²) < 4.78 is 0. The lowest BCUT2D eigenvalue weighted by Gasteiger charge is -2.27. The lowest BCUT2D eigenvalue weighted by Crippen LogP contribution is -2.46. The minimum Gasteiger partial charge on any atom is -0.481 e. The van der Waals surface area contributed by atoms with Crippen molar-refractivity contribution in [3.8, 4) is 0 Å². The minimum absolute atomic E-state index is 0.000474. The highest BCUT2D eigenvalue weighted by molar-refractivity contribution is 5.75. The molecular weight excluding hydrogens is 246 g/mol. The van der Waals surface area contributed by atoms with Crippen molar-refractivity contribution < 1.29 is 14.7 Å². The molecule has 2 N–H and O–H groups in total. The summed E-state index contributed by atoms with van der Waals surface area (Å²) in [6, 6.07) is 0.506. The molecule has 6 nitrogen and oxygen atoms in total. The van der Waals surface area contributed by atoms with Crippen LogP contribution in [0.3, 0.4) is 0 Å². The van der Waals surface area contributed by atoms with Crippen molar-refractivity contribution >= 4 is 12.0 Å². The smallest absolute Gasteiger partial charge is 0.317 e. The molecule has 110 valence electrons. The maximum Gasteiger partial charge on any atom is 0.317 e. The van der Waals surface area contributed by atoms with E-state index in [-0.39, 0.29) is 25.0 Å². The first-order valence-corrected chi connectivity index (χ1v) is 6.88. The lowest BCUT2D eigenvalue weighted by atomic mass is 10.3. The molecule has 6 heteroatoms. The van der Waals surface area contributed by atoms with E-state index in [2.05, 4.69) is 17.3 Å². The second kappa shape index (κ2) is 7.33. The summed E-state index contributed by atoms with van der Waals surface area (Å²) in [4.78, 5) is 26.3. The number of carbonyl (C=O) groups excluding carboxylic acids is 1. The fourth-order valence-corrected chi connectivity index (χ4v) is 1.95. The molecule has 19 heavy (non-hydrogen) atoms. The van der Waals surface area contributed by atoms with Crippen LogP contribution >= 0.6 is 0 Å². The van der Waals surface area contributed by atoms with Gasteiger partial charge in [0.1, 0.15) is 0 Å². The maximum absolute atomic E-state index is 12.0. The SMILES string of the molecule is CC(C)N(CCC(=O)O)C(=O)NCCN(C)C1CC1. The maximum atomic E-state index is 12.0. The Bertz CT molecular complexity index is 316. The van der Waals surface area contributed by atoms with E-state index in [0.29, 0.717) is 12.6 Å². The summed E-state index contributed by atoms with van der Waals surface area (Å²) in [6.07, 6.45) is 2.48. The Kier molecular flexibility index (Phi) is 6.08.